The molecule has 0 saturated carbocycles. The zero-order valence-electron chi connectivity index (χ0n) is 15.2. The summed E-state index contributed by atoms with van der Waals surface area (Å²) in [7, 11) is 0. The first-order chi connectivity index (χ1) is 12.6. The topological polar surface area (TPSA) is 44.0 Å². The Morgan fingerprint density at radius 1 is 1.15 bits per heavy atom. The van der Waals surface area contributed by atoms with Crippen molar-refractivity contribution < 1.29 is 0 Å². The summed E-state index contributed by atoms with van der Waals surface area (Å²) in [5.74, 6) is 1.58. The van der Waals surface area contributed by atoms with Gasteiger partial charge in [0.15, 0.2) is 5.11 Å². The Kier molecular flexibility index (Phi) is 4.64. The standard InChI is InChI=1S/C21H24N4S/c1-14-7-8-15(2)19(13-14)24-21(26)25-11-9-16(10-12-25)20-22-17-5-3-4-6-18(17)23-20/h3-8,13,16H,9-12H2,1-2H3,(H,22,23)(H,24,26). The van der Waals surface area contributed by atoms with E-state index in [0.29, 0.717) is 5.92 Å². The molecule has 134 valence electrons. The fourth-order valence-electron chi connectivity index (χ4n) is 3.59. The molecule has 1 aromatic heterocycles. The van der Waals surface area contributed by atoms with Gasteiger partial charge >= 0.3 is 0 Å². The van der Waals surface area contributed by atoms with E-state index in [1.165, 1.54) is 11.1 Å². The van der Waals surface area contributed by atoms with E-state index in [9.17, 15) is 0 Å². The van der Waals surface area contributed by atoms with Gasteiger partial charge in [-0.25, -0.2) is 4.98 Å². The largest absolute Gasteiger partial charge is 0.349 e. The van der Waals surface area contributed by atoms with Crippen LogP contribution in [-0.2, 0) is 0 Å². The average molecular weight is 365 g/mol. The van der Waals surface area contributed by atoms with Gasteiger partial charge in [-0.1, -0.05) is 24.3 Å². The molecule has 1 saturated heterocycles. The lowest BCUT2D eigenvalue weighted by molar-refractivity contribution is 0.311. The number of aromatic nitrogens is 2. The van der Waals surface area contributed by atoms with Gasteiger partial charge < -0.3 is 15.2 Å². The van der Waals surface area contributed by atoms with Gasteiger partial charge in [0, 0.05) is 24.7 Å². The quantitative estimate of drug-likeness (QED) is 0.644. The van der Waals surface area contributed by atoms with Crippen LogP contribution in [-0.4, -0.2) is 33.1 Å². The molecule has 1 aliphatic heterocycles. The molecule has 0 bridgehead atoms. The molecule has 26 heavy (non-hydrogen) atoms. The number of nitrogens with zero attached hydrogens (tertiary/aromatic N) is 2. The molecule has 0 unspecified atom stereocenters. The van der Waals surface area contributed by atoms with Gasteiger partial charge in [-0.2, -0.15) is 0 Å². The predicted molar refractivity (Wildman–Crippen MR) is 112 cm³/mol. The molecule has 2 N–H and O–H groups in total. The van der Waals surface area contributed by atoms with Crippen molar-refractivity contribution in [2.24, 2.45) is 0 Å². The number of hydrogen-bond acceptors (Lipinski definition) is 2. The summed E-state index contributed by atoms with van der Waals surface area (Å²) in [6, 6.07) is 14.6. The van der Waals surface area contributed by atoms with Crippen LogP contribution in [0.2, 0.25) is 0 Å². The maximum Gasteiger partial charge on any atom is 0.173 e. The first kappa shape index (κ1) is 17.0. The van der Waals surface area contributed by atoms with Gasteiger partial charge in [0.1, 0.15) is 5.82 Å². The molecule has 1 fully saturated rings. The lowest BCUT2D eigenvalue weighted by Gasteiger charge is -2.33. The lowest BCUT2D eigenvalue weighted by Crippen LogP contribution is -2.40. The maximum atomic E-state index is 5.66. The summed E-state index contributed by atoms with van der Waals surface area (Å²) in [5, 5.41) is 4.25. The third-order valence-corrected chi connectivity index (χ3v) is 5.57. The normalized spacial score (nSPS) is 15.4. The SMILES string of the molecule is Cc1ccc(C)c(NC(=S)N2CCC(c3nc4ccccc4[nH]3)CC2)c1. The average Bonchev–Trinajstić information content (AvgIpc) is 3.09. The Hall–Kier alpha value is -2.40. The van der Waals surface area contributed by atoms with Crippen LogP contribution >= 0.6 is 12.2 Å². The van der Waals surface area contributed by atoms with E-state index in [1.807, 2.05) is 12.1 Å². The summed E-state index contributed by atoms with van der Waals surface area (Å²) < 4.78 is 0. The lowest BCUT2D eigenvalue weighted by atomic mass is 9.96. The molecular formula is C21H24N4S. The Morgan fingerprint density at radius 3 is 2.69 bits per heavy atom. The fourth-order valence-corrected chi connectivity index (χ4v) is 3.88. The molecule has 0 atom stereocenters. The smallest absolute Gasteiger partial charge is 0.173 e. The van der Waals surface area contributed by atoms with Crippen molar-refractivity contribution in [1.29, 1.82) is 0 Å². The molecule has 3 aromatic rings. The van der Waals surface area contributed by atoms with Gasteiger partial charge in [0.25, 0.3) is 0 Å². The highest BCUT2D eigenvalue weighted by Crippen LogP contribution is 2.28. The van der Waals surface area contributed by atoms with Gasteiger partial charge in [-0.3, -0.25) is 0 Å². The van der Waals surface area contributed by atoms with Gasteiger partial charge in [0.2, 0.25) is 0 Å². The van der Waals surface area contributed by atoms with E-state index in [-0.39, 0.29) is 0 Å². The van der Waals surface area contributed by atoms with Crippen LogP contribution < -0.4 is 5.32 Å². The zero-order valence-corrected chi connectivity index (χ0v) is 16.1. The summed E-state index contributed by atoms with van der Waals surface area (Å²) >= 11 is 5.66. The molecule has 1 aliphatic rings. The molecule has 0 amide bonds. The molecule has 2 heterocycles. The predicted octanol–water partition coefficient (Wildman–Crippen LogP) is 4.76. The van der Waals surface area contributed by atoms with Crippen LogP contribution in [0, 0.1) is 13.8 Å². The number of piperidine rings is 1. The Morgan fingerprint density at radius 2 is 1.92 bits per heavy atom. The number of rotatable bonds is 2. The molecule has 4 nitrogen and oxygen atoms in total. The second-order valence-corrected chi connectivity index (χ2v) is 7.54. The van der Waals surface area contributed by atoms with E-state index in [4.69, 9.17) is 17.2 Å². The number of fused-ring (bicyclic) bond motifs is 1. The number of thiocarbonyl (C=S) groups is 1. The van der Waals surface area contributed by atoms with Crippen LogP contribution in [0.5, 0.6) is 0 Å². The minimum absolute atomic E-state index is 0.474. The highest BCUT2D eigenvalue weighted by Gasteiger charge is 2.24. The van der Waals surface area contributed by atoms with Gasteiger partial charge in [0.05, 0.1) is 11.0 Å². The van der Waals surface area contributed by atoms with Crippen LogP contribution in [0.1, 0.15) is 35.7 Å². The summed E-state index contributed by atoms with van der Waals surface area (Å²) in [5.41, 5.74) is 5.74. The van der Waals surface area contributed by atoms with Crippen molar-refractivity contribution in [1.82, 2.24) is 14.9 Å². The maximum absolute atomic E-state index is 5.66. The minimum atomic E-state index is 0.474. The summed E-state index contributed by atoms with van der Waals surface area (Å²) in [6.45, 7) is 6.13. The zero-order chi connectivity index (χ0) is 18.1. The number of imidazole rings is 1. The molecule has 5 heteroatoms. The number of nitrogens with one attached hydrogen (secondary N) is 2. The first-order valence-electron chi connectivity index (χ1n) is 9.18. The Balaban J connectivity index is 1.39. The molecule has 0 aliphatic carbocycles. The number of para-hydroxylation sites is 2. The molecule has 2 aromatic carbocycles. The molecule has 0 radical (unpaired) electrons. The number of aryl methyl sites for hydroxylation is 2. The molecule has 0 spiro atoms. The second kappa shape index (κ2) is 7.08. The highest BCUT2D eigenvalue weighted by atomic mass is 32.1. The van der Waals surface area contributed by atoms with Crippen LogP contribution in [0.25, 0.3) is 11.0 Å². The van der Waals surface area contributed by atoms with Crippen molar-refractivity contribution in [3.8, 4) is 0 Å². The minimum Gasteiger partial charge on any atom is -0.349 e. The van der Waals surface area contributed by atoms with E-state index in [0.717, 1.165) is 53.6 Å². The Bertz CT molecular complexity index is 905. The number of benzene rings is 2. The van der Waals surface area contributed by atoms with Crippen molar-refractivity contribution in [3.05, 3.63) is 59.4 Å². The van der Waals surface area contributed by atoms with Gasteiger partial charge in [-0.15, -0.1) is 0 Å². The highest BCUT2D eigenvalue weighted by molar-refractivity contribution is 7.80. The van der Waals surface area contributed by atoms with E-state index >= 15 is 0 Å². The second-order valence-electron chi connectivity index (χ2n) is 7.15. The van der Waals surface area contributed by atoms with Gasteiger partial charge in [-0.05, 0) is 68.2 Å². The van der Waals surface area contributed by atoms with Crippen molar-refractivity contribution >= 4 is 34.1 Å². The summed E-state index contributed by atoms with van der Waals surface area (Å²) in [4.78, 5) is 10.5. The Labute approximate surface area is 159 Å². The van der Waals surface area contributed by atoms with Crippen molar-refractivity contribution in [3.63, 3.8) is 0 Å². The van der Waals surface area contributed by atoms with Crippen LogP contribution in [0.3, 0.4) is 0 Å². The molecular weight excluding hydrogens is 340 g/mol. The third-order valence-electron chi connectivity index (χ3n) is 5.21. The van der Waals surface area contributed by atoms with E-state index in [1.54, 1.807) is 0 Å². The first-order valence-corrected chi connectivity index (χ1v) is 9.59. The van der Waals surface area contributed by atoms with E-state index < -0.39 is 0 Å². The van der Waals surface area contributed by atoms with Crippen molar-refractivity contribution in [2.75, 3.05) is 18.4 Å². The van der Waals surface area contributed by atoms with E-state index in [2.05, 4.69) is 59.4 Å². The van der Waals surface area contributed by atoms with Crippen LogP contribution in [0.15, 0.2) is 42.5 Å². The van der Waals surface area contributed by atoms with Crippen molar-refractivity contribution in [2.45, 2.75) is 32.6 Å². The number of aromatic amines is 1. The number of hydrogen-bond donors (Lipinski definition) is 2. The monoisotopic (exact) mass is 364 g/mol. The third kappa shape index (κ3) is 3.44. The molecule has 4 rings (SSSR count). The fraction of sp³-hybridized carbons (Fsp3) is 0.333. The number of anilines is 1. The number of likely N-dealkylation sites (tertiary alicyclic amines) is 1. The number of H-pyrrole nitrogens is 1. The summed E-state index contributed by atoms with van der Waals surface area (Å²) in [6.07, 6.45) is 2.13. The van der Waals surface area contributed by atoms with Crippen LogP contribution in [0.4, 0.5) is 5.69 Å².